The molecule has 1 aromatic heterocycles. The van der Waals surface area contributed by atoms with E-state index in [9.17, 15) is 4.79 Å². The van der Waals surface area contributed by atoms with Crippen LogP contribution in [-0.2, 0) is 17.8 Å². The molecule has 0 saturated carbocycles. The van der Waals surface area contributed by atoms with Gasteiger partial charge in [-0.1, -0.05) is 29.8 Å². The normalized spacial score (nSPS) is 16.6. The third-order valence-electron chi connectivity index (χ3n) is 4.59. The smallest absolute Gasteiger partial charge is 0.317 e. The number of benzene rings is 1. The van der Waals surface area contributed by atoms with Crippen LogP contribution in [0, 0.1) is 6.92 Å². The second-order valence-electron chi connectivity index (χ2n) is 6.86. The van der Waals surface area contributed by atoms with Crippen LogP contribution in [0.2, 0.25) is 0 Å². The Kier molecular flexibility index (Phi) is 6.66. The van der Waals surface area contributed by atoms with E-state index in [1.807, 2.05) is 27.9 Å². The van der Waals surface area contributed by atoms with E-state index >= 15 is 0 Å². The van der Waals surface area contributed by atoms with Crippen LogP contribution in [0.3, 0.4) is 0 Å². The first-order chi connectivity index (χ1) is 12.7. The van der Waals surface area contributed by atoms with Crippen LogP contribution >= 0.6 is 0 Å². The number of nitrogens with one attached hydrogen (secondary N) is 1. The van der Waals surface area contributed by atoms with Crippen LogP contribution in [0.4, 0.5) is 4.79 Å². The zero-order valence-electron chi connectivity index (χ0n) is 15.4. The zero-order valence-corrected chi connectivity index (χ0v) is 15.4. The lowest BCUT2D eigenvalue weighted by atomic mass is 10.1. The Morgan fingerprint density at radius 3 is 3.08 bits per heavy atom. The average molecular weight is 356 g/mol. The summed E-state index contributed by atoms with van der Waals surface area (Å²) in [5.41, 5.74) is 2.36. The van der Waals surface area contributed by atoms with E-state index in [1.165, 1.54) is 5.56 Å². The van der Waals surface area contributed by atoms with E-state index in [2.05, 4.69) is 35.5 Å². The van der Waals surface area contributed by atoms with E-state index in [0.717, 1.165) is 38.0 Å². The summed E-state index contributed by atoms with van der Waals surface area (Å²) in [6, 6.07) is 10.2. The topological polar surface area (TPSA) is 59.4 Å². The van der Waals surface area contributed by atoms with Gasteiger partial charge in [0, 0.05) is 45.2 Å². The minimum absolute atomic E-state index is 0.0255. The van der Waals surface area contributed by atoms with Gasteiger partial charge in [-0.3, -0.25) is 4.68 Å². The van der Waals surface area contributed by atoms with Gasteiger partial charge in [-0.25, -0.2) is 4.79 Å². The Balaban J connectivity index is 1.53. The van der Waals surface area contributed by atoms with Gasteiger partial charge >= 0.3 is 6.03 Å². The first-order valence-electron chi connectivity index (χ1n) is 9.38. The lowest BCUT2D eigenvalue weighted by molar-refractivity contribution is 0.0794. The summed E-state index contributed by atoms with van der Waals surface area (Å²) in [5.74, 6) is 0. The van der Waals surface area contributed by atoms with E-state index in [1.54, 1.807) is 6.20 Å². The van der Waals surface area contributed by atoms with E-state index in [0.29, 0.717) is 19.6 Å². The van der Waals surface area contributed by atoms with Gasteiger partial charge in [-0.15, -0.1) is 0 Å². The number of carbonyl (C=O) groups excluding carboxylic acids is 1. The second kappa shape index (κ2) is 9.38. The van der Waals surface area contributed by atoms with Gasteiger partial charge in [0.15, 0.2) is 0 Å². The third kappa shape index (κ3) is 5.59. The molecule has 0 bridgehead atoms. The van der Waals surface area contributed by atoms with Crippen LogP contribution in [0.5, 0.6) is 0 Å². The van der Waals surface area contributed by atoms with Crippen molar-refractivity contribution in [3.8, 4) is 0 Å². The SMILES string of the molecule is Cc1cccc(CN(C[C@@H]2CCCO2)C(=O)NCCCn2cccn2)c1. The van der Waals surface area contributed by atoms with Crippen molar-refractivity contribution in [2.45, 2.75) is 45.4 Å². The van der Waals surface area contributed by atoms with Gasteiger partial charge < -0.3 is 15.0 Å². The molecule has 1 atom stereocenters. The number of urea groups is 1. The number of ether oxygens (including phenoxy) is 1. The van der Waals surface area contributed by atoms with E-state index in [-0.39, 0.29) is 12.1 Å². The lowest BCUT2D eigenvalue weighted by Gasteiger charge is -2.26. The molecular formula is C20H28N4O2. The minimum Gasteiger partial charge on any atom is -0.376 e. The van der Waals surface area contributed by atoms with Crippen molar-refractivity contribution in [2.75, 3.05) is 19.7 Å². The molecule has 3 rings (SSSR count). The molecule has 1 fully saturated rings. The summed E-state index contributed by atoms with van der Waals surface area (Å²) in [6.45, 7) is 5.55. The standard InChI is InChI=1S/C20H28N4O2/c1-17-6-2-7-18(14-17)15-23(16-19-8-3-13-26-19)20(25)21-9-4-11-24-12-5-10-22-24/h2,5-7,10,12,14,19H,3-4,8-9,11,13,15-16H2,1H3,(H,21,25)/t19-/m0/s1. The Hall–Kier alpha value is -2.34. The van der Waals surface area contributed by atoms with Gasteiger partial charge in [-0.2, -0.15) is 5.10 Å². The molecule has 2 aromatic rings. The number of amides is 2. The van der Waals surface area contributed by atoms with Crippen molar-refractivity contribution in [3.63, 3.8) is 0 Å². The maximum atomic E-state index is 12.7. The van der Waals surface area contributed by atoms with Crippen molar-refractivity contribution in [1.29, 1.82) is 0 Å². The van der Waals surface area contributed by atoms with Gasteiger partial charge in [0.25, 0.3) is 0 Å². The highest BCUT2D eigenvalue weighted by Crippen LogP contribution is 2.16. The maximum absolute atomic E-state index is 12.7. The highest BCUT2D eigenvalue weighted by molar-refractivity contribution is 5.74. The molecule has 0 aliphatic carbocycles. The second-order valence-corrected chi connectivity index (χ2v) is 6.86. The number of hydrogen-bond donors (Lipinski definition) is 1. The van der Waals surface area contributed by atoms with Crippen LogP contribution in [0.15, 0.2) is 42.7 Å². The first-order valence-corrected chi connectivity index (χ1v) is 9.38. The van der Waals surface area contributed by atoms with Gasteiger partial charge in [0.2, 0.25) is 0 Å². The van der Waals surface area contributed by atoms with Crippen molar-refractivity contribution in [3.05, 3.63) is 53.9 Å². The van der Waals surface area contributed by atoms with Crippen molar-refractivity contribution in [2.24, 2.45) is 0 Å². The summed E-state index contributed by atoms with van der Waals surface area (Å²) >= 11 is 0. The van der Waals surface area contributed by atoms with Crippen LogP contribution in [0.1, 0.15) is 30.4 Å². The molecule has 1 aliphatic rings. The minimum atomic E-state index is -0.0255. The molecule has 1 aromatic carbocycles. The Morgan fingerprint density at radius 2 is 2.35 bits per heavy atom. The van der Waals surface area contributed by atoms with Gasteiger partial charge in [-0.05, 0) is 37.8 Å². The molecule has 1 aliphatic heterocycles. The van der Waals surface area contributed by atoms with Crippen LogP contribution in [-0.4, -0.2) is 46.5 Å². The van der Waals surface area contributed by atoms with Gasteiger partial charge in [0.05, 0.1) is 6.10 Å². The largest absolute Gasteiger partial charge is 0.376 e. The Labute approximate surface area is 155 Å². The maximum Gasteiger partial charge on any atom is 0.317 e. The number of aromatic nitrogens is 2. The molecule has 6 heteroatoms. The van der Waals surface area contributed by atoms with Crippen LogP contribution in [0.25, 0.3) is 0 Å². The molecule has 6 nitrogen and oxygen atoms in total. The summed E-state index contributed by atoms with van der Waals surface area (Å²) in [5, 5.41) is 7.22. The highest BCUT2D eigenvalue weighted by atomic mass is 16.5. The molecule has 1 saturated heterocycles. The van der Waals surface area contributed by atoms with Crippen molar-refractivity contribution >= 4 is 6.03 Å². The number of carbonyl (C=O) groups is 1. The Bertz CT molecular complexity index is 681. The first kappa shape index (κ1) is 18.5. The molecule has 0 radical (unpaired) electrons. The zero-order chi connectivity index (χ0) is 18.2. The molecule has 0 unspecified atom stereocenters. The third-order valence-corrected chi connectivity index (χ3v) is 4.59. The van der Waals surface area contributed by atoms with Gasteiger partial charge in [0.1, 0.15) is 0 Å². The summed E-state index contributed by atoms with van der Waals surface area (Å²) in [6.07, 6.45) is 6.80. The molecule has 26 heavy (non-hydrogen) atoms. The van der Waals surface area contributed by atoms with Crippen molar-refractivity contribution in [1.82, 2.24) is 20.0 Å². The molecule has 0 spiro atoms. The molecule has 1 N–H and O–H groups in total. The van der Waals surface area contributed by atoms with E-state index < -0.39 is 0 Å². The summed E-state index contributed by atoms with van der Waals surface area (Å²) < 4.78 is 7.61. The van der Waals surface area contributed by atoms with E-state index in [4.69, 9.17) is 4.74 Å². The average Bonchev–Trinajstić information content (AvgIpc) is 3.32. The number of nitrogens with zero attached hydrogens (tertiary/aromatic N) is 3. The molecule has 140 valence electrons. The lowest BCUT2D eigenvalue weighted by Crippen LogP contribution is -2.43. The van der Waals surface area contributed by atoms with Crippen molar-refractivity contribution < 1.29 is 9.53 Å². The molecular weight excluding hydrogens is 328 g/mol. The van der Waals surface area contributed by atoms with Crippen LogP contribution < -0.4 is 5.32 Å². The number of rotatable bonds is 8. The molecule has 2 heterocycles. The monoisotopic (exact) mass is 356 g/mol. The fourth-order valence-electron chi connectivity index (χ4n) is 3.27. The fourth-order valence-corrected chi connectivity index (χ4v) is 3.27. The summed E-state index contributed by atoms with van der Waals surface area (Å²) in [4.78, 5) is 14.6. The molecule has 2 amide bonds. The predicted molar refractivity (Wildman–Crippen MR) is 101 cm³/mol. The summed E-state index contributed by atoms with van der Waals surface area (Å²) in [7, 11) is 0. The number of aryl methyl sites for hydroxylation is 2. The highest BCUT2D eigenvalue weighted by Gasteiger charge is 2.22. The Morgan fingerprint density at radius 1 is 1.42 bits per heavy atom. The number of hydrogen-bond acceptors (Lipinski definition) is 3. The fraction of sp³-hybridized carbons (Fsp3) is 0.500. The quantitative estimate of drug-likeness (QED) is 0.740. The predicted octanol–water partition coefficient (Wildman–Crippen LogP) is 2.97.